The molecule has 1 atom stereocenters. The molecule has 90 valence electrons. The first-order valence-electron chi connectivity index (χ1n) is 5.00. The fraction of sp³-hybridized carbons (Fsp3) is 0.545. The molecule has 0 unspecified atom stereocenters. The number of esters is 2. The quantitative estimate of drug-likeness (QED) is 0.480. The van der Waals surface area contributed by atoms with E-state index in [1.807, 2.05) is 0 Å². The van der Waals surface area contributed by atoms with Crippen LogP contribution >= 0.6 is 0 Å². The Bertz CT molecular complexity index is 282. The van der Waals surface area contributed by atoms with Gasteiger partial charge in [0.2, 0.25) is 0 Å². The molecule has 5 nitrogen and oxygen atoms in total. The molecule has 0 aliphatic rings. The Labute approximate surface area is 94.4 Å². The van der Waals surface area contributed by atoms with Gasteiger partial charge in [-0.15, -0.1) is 0 Å². The third-order valence-electron chi connectivity index (χ3n) is 1.74. The molecule has 0 bridgehead atoms. The van der Waals surface area contributed by atoms with Gasteiger partial charge in [-0.3, -0.25) is 9.59 Å². The van der Waals surface area contributed by atoms with E-state index >= 15 is 0 Å². The largest absolute Gasteiger partial charge is 0.463 e. The van der Waals surface area contributed by atoms with Gasteiger partial charge in [-0.2, -0.15) is 0 Å². The maximum Gasteiger partial charge on any atom is 0.347 e. The van der Waals surface area contributed by atoms with Crippen LogP contribution in [0.2, 0.25) is 0 Å². The molecule has 0 rings (SSSR count). The molecule has 0 radical (unpaired) electrons. The second-order valence-electron chi connectivity index (χ2n) is 3.06. The molecular formula is C11H16O5. The van der Waals surface area contributed by atoms with Gasteiger partial charge in [0.1, 0.15) is 0 Å². The predicted molar refractivity (Wildman–Crippen MR) is 56.6 cm³/mol. The lowest BCUT2D eigenvalue weighted by Crippen LogP contribution is -2.29. The Morgan fingerprint density at radius 1 is 1.38 bits per heavy atom. The van der Waals surface area contributed by atoms with Crippen molar-refractivity contribution >= 4 is 17.7 Å². The van der Waals surface area contributed by atoms with E-state index in [4.69, 9.17) is 9.47 Å². The molecule has 0 fully saturated rings. The summed E-state index contributed by atoms with van der Waals surface area (Å²) >= 11 is 0. The van der Waals surface area contributed by atoms with E-state index in [0.717, 1.165) is 6.08 Å². The molecule has 16 heavy (non-hydrogen) atoms. The van der Waals surface area contributed by atoms with Crippen LogP contribution in [0, 0.1) is 0 Å². The van der Waals surface area contributed by atoms with Crippen molar-refractivity contribution in [2.75, 3.05) is 6.61 Å². The number of hydrogen-bond donors (Lipinski definition) is 0. The van der Waals surface area contributed by atoms with Crippen LogP contribution in [0.3, 0.4) is 0 Å². The van der Waals surface area contributed by atoms with Gasteiger partial charge in [0.15, 0.2) is 11.9 Å². The number of allylic oxidation sites excluding steroid dienone is 1. The molecular weight excluding hydrogens is 212 g/mol. The smallest absolute Gasteiger partial charge is 0.347 e. The summed E-state index contributed by atoms with van der Waals surface area (Å²) < 4.78 is 9.48. The second kappa shape index (κ2) is 7.62. The van der Waals surface area contributed by atoms with E-state index in [1.54, 1.807) is 6.92 Å². The number of rotatable bonds is 7. The van der Waals surface area contributed by atoms with Gasteiger partial charge in [-0.1, -0.05) is 6.58 Å². The van der Waals surface area contributed by atoms with E-state index in [9.17, 15) is 14.4 Å². The van der Waals surface area contributed by atoms with Crippen molar-refractivity contribution in [3.05, 3.63) is 12.7 Å². The van der Waals surface area contributed by atoms with Crippen molar-refractivity contribution in [1.82, 2.24) is 0 Å². The Balaban J connectivity index is 4.30. The highest BCUT2D eigenvalue weighted by Crippen LogP contribution is 2.06. The zero-order valence-electron chi connectivity index (χ0n) is 9.52. The Morgan fingerprint density at radius 3 is 2.44 bits per heavy atom. The van der Waals surface area contributed by atoms with E-state index in [2.05, 4.69) is 6.58 Å². The summed E-state index contributed by atoms with van der Waals surface area (Å²) in [5.41, 5.74) is 0. The zero-order valence-corrected chi connectivity index (χ0v) is 9.52. The summed E-state index contributed by atoms with van der Waals surface area (Å²) in [4.78, 5) is 33.1. The van der Waals surface area contributed by atoms with Crippen LogP contribution in [-0.4, -0.2) is 30.4 Å². The number of ketones is 1. The van der Waals surface area contributed by atoms with Crippen LogP contribution in [0.5, 0.6) is 0 Å². The minimum Gasteiger partial charge on any atom is -0.463 e. The average molecular weight is 228 g/mol. The molecule has 0 heterocycles. The summed E-state index contributed by atoms with van der Waals surface area (Å²) in [5.74, 6) is -1.42. The highest BCUT2D eigenvalue weighted by molar-refractivity contribution is 5.89. The lowest BCUT2D eigenvalue weighted by molar-refractivity contribution is -0.166. The van der Waals surface area contributed by atoms with Gasteiger partial charge in [-0.05, 0) is 13.0 Å². The first-order valence-corrected chi connectivity index (χ1v) is 5.00. The lowest BCUT2D eigenvalue weighted by Gasteiger charge is -2.14. The van der Waals surface area contributed by atoms with Crippen molar-refractivity contribution < 1.29 is 23.9 Å². The molecule has 0 aromatic carbocycles. The van der Waals surface area contributed by atoms with E-state index in [-0.39, 0.29) is 25.2 Å². The molecule has 0 aliphatic heterocycles. The molecule has 0 amide bonds. The lowest BCUT2D eigenvalue weighted by atomic mass is 10.1. The Morgan fingerprint density at radius 2 is 2.00 bits per heavy atom. The zero-order chi connectivity index (χ0) is 12.6. The standard InChI is InChI=1S/C11H16O5/c1-4-9(13)6-7-10(16-8(3)12)11(14)15-5-2/h4,10H,1,5-7H2,2-3H3/t10-/m1/s1. The van der Waals surface area contributed by atoms with Crippen LogP contribution in [-0.2, 0) is 23.9 Å². The Kier molecular flexibility index (Phi) is 6.83. The normalized spacial score (nSPS) is 11.4. The molecule has 0 spiro atoms. The van der Waals surface area contributed by atoms with Gasteiger partial charge in [0.25, 0.3) is 0 Å². The minimum atomic E-state index is -1.01. The highest BCUT2D eigenvalue weighted by Gasteiger charge is 2.23. The van der Waals surface area contributed by atoms with Gasteiger partial charge in [-0.25, -0.2) is 4.79 Å². The number of carbonyl (C=O) groups is 3. The Hall–Kier alpha value is -1.65. The van der Waals surface area contributed by atoms with Crippen LogP contribution in [0.15, 0.2) is 12.7 Å². The topological polar surface area (TPSA) is 69.7 Å². The van der Waals surface area contributed by atoms with Crippen molar-refractivity contribution in [3.63, 3.8) is 0 Å². The summed E-state index contributed by atoms with van der Waals surface area (Å²) in [6, 6.07) is 0. The summed E-state index contributed by atoms with van der Waals surface area (Å²) in [6.07, 6.45) is 0.362. The molecule has 0 aromatic heterocycles. The molecule has 0 aliphatic carbocycles. The van der Waals surface area contributed by atoms with Gasteiger partial charge in [0.05, 0.1) is 6.61 Å². The van der Waals surface area contributed by atoms with Crippen molar-refractivity contribution in [2.24, 2.45) is 0 Å². The first kappa shape index (κ1) is 14.3. The molecule has 0 saturated heterocycles. The van der Waals surface area contributed by atoms with Gasteiger partial charge in [0, 0.05) is 19.8 Å². The van der Waals surface area contributed by atoms with E-state index < -0.39 is 18.0 Å². The minimum absolute atomic E-state index is 0.0975. The van der Waals surface area contributed by atoms with Gasteiger partial charge >= 0.3 is 11.9 Å². The molecule has 0 saturated carbocycles. The highest BCUT2D eigenvalue weighted by atomic mass is 16.6. The third kappa shape index (κ3) is 5.95. The second-order valence-corrected chi connectivity index (χ2v) is 3.06. The first-order chi connectivity index (χ1) is 7.51. The monoisotopic (exact) mass is 228 g/mol. The third-order valence-corrected chi connectivity index (χ3v) is 1.74. The predicted octanol–water partition coefficient (Wildman–Crippen LogP) is 1.02. The maximum absolute atomic E-state index is 11.3. The fourth-order valence-electron chi connectivity index (χ4n) is 1.04. The van der Waals surface area contributed by atoms with Gasteiger partial charge < -0.3 is 9.47 Å². The van der Waals surface area contributed by atoms with E-state index in [0.29, 0.717) is 0 Å². The van der Waals surface area contributed by atoms with Crippen LogP contribution in [0.4, 0.5) is 0 Å². The van der Waals surface area contributed by atoms with Crippen molar-refractivity contribution in [2.45, 2.75) is 32.8 Å². The van der Waals surface area contributed by atoms with Crippen LogP contribution < -0.4 is 0 Å². The van der Waals surface area contributed by atoms with Crippen LogP contribution in [0.25, 0.3) is 0 Å². The molecule has 0 N–H and O–H groups in total. The number of carbonyl (C=O) groups excluding carboxylic acids is 3. The van der Waals surface area contributed by atoms with Crippen LogP contribution in [0.1, 0.15) is 26.7 Å². The van der Waals surface area contributed by atoms with E-state index in [1.165, 1.54) is 6.92 Å². The maximum atomic E-state index is 11.3. The fourth-order valence-corrected chi connectivity index (χ4v) is 1.04. The summed E-state index contributed by atoms with van der Waals surface area (Å²) in [7, 11) is 0. The SMILES string of the molecule is C=CC(=O)CC[C@@H](OC(C)=O)C(=O)OCC. The molecule has 0 aromatic rings. The van der Waals surface area contributed by atoms with Crippen molar-refractivity contribution in [1.29, 1.82) is 0 Å². The summed E-state index contributed by atoms with van der Waals surface area (Å²) in [6.45, 7) is 6.35. The molecule has 5 heteroatoms. The number of ether oxygens (including phenoxy) is 2. The van der Waals surface area contributed by atoms with Crippen molar-refractivity contribution in [3.8, 4) is 0 Å². The summed E-state index contributed by atoms with van der Waals surface area (Å²) in [5, 5.41) is 0. The number of hydrogen-bond acceptors (Lipinski definition) is 5. The average Bonchev–Trinajstić information content (AvgIpc) is 2.23.